The molecule has 0 saturated carbocycles. The number of nitrogens with zero attached hydrogens (tertiary/aromatic N) is 3. The number of nitrogens with one attached hydrogen (secondary N) is 1. The summed E-state index contributed by atoms with van der Waals surface area (Å²) in [5.41, 5.74) is 1.41. The Morgan fingerprint density at radius 3 is 2.57 bits per heavy atom. The fraction of sp³-hybridized carbons (Fsp3) is 0.375. The second-order valence-corrected chi connectivity index (χ2v) is 4.74. The SMILES string of the molecule is CCCNCc1cnc(N(CC)c2ccccc2F)cn1. The molecule has 4 nitrogen and oxygen atoms in total. The van der Waals surface area contributed by atoms with E-state index in [1.54, 1.807) is 24.5 Å². The highest BCUT2D eigenvalue weighted by molar-refractivity contribution is 5.59. The van der Waals surface area contributed by atoms with Gasteiger partial charge in [0.1, 0.15) is 5.82 Å². The predicted molar refractivity (Wildman–Crippen MR) is 83.1 cm³/mol. The highest BCUT2D eigenvalue weighted by Crippen LogP contribution is 2.25. The van der Waals surface area contributed by atoms with Crippen molar-refractivity contribution in [3.8, 4) is 0 Å². The molecule has 0 saturated heterocycles. The third kappa shape index (κ3) is 3.98. The zero-order valence-electron chi connectivity index (χ0n) is 12.5. The first-order valence-electron chi connectivity index (χ1n) is 7.30. The lowest BCUT2D eigenvalue weighted by Crippen LogP contribution is -2.20. The second-order valence-electron chi connectivity index (χ2n) is 4.74. The maximum atomic E-state index is 13.9. The first-order valence-corrected chi connectivity index (χ1v) is 7.30. The Labute approximate surface area is 125 Å². The number of anilines is 2. The van der Waals surface area contributed by atoms with Crippen LogP contribution in [0.2, 0.25) is 0 Å². The van der Waals surface area contributed by atoms with Crippen molar-refractivity contribution in [2.24, 2.45) is 0 Å². The molecule has 0 unspecified atom stereocenters. The molecule has 1 aromatic heterocycles. The monoisotopic (exact) mass is 288 g/mol. The van der Waals surface area contributed by atoms with E-state index in [2.05, 4.69) is 22.2 Å². The van der Waals surface area contributed by atoms with E-state index in [4.69, 9.17) is 0 Å². The molecule has 112 valence electrons. The van der Waals surface area contributed by atoms with Crippen molar-refractivity contribution in [2.75, 3.05) is 18.0 Å². The molecule has 1 N–H and O–H groups in total. The van der Waals surface area contributed by atoms with E-state index in [-0.39, 0.29) is 5.82 Å². The van der Waals surface area contributed by atoms with Crippen LogP contribution in [-0.2, 0) is 6.54 Å². The van der Waals surface area contributed by atoms with E-state index in [1.807, 2.05) is 17.9 Å². The van der Waals surface area contributed by atoms with Gasteiger partial charge in [-0.1, -0.05) is 19.1 Å². The topological polar surface area (TPSA) is 41.1 Å². The van der Waals surface area contributed by atoms with E-state index < -0.39 is 0 Å². The van der Waals surface area contributed by atoms with Gasteiger partial charge >= 0.3 is 0 Å². The molecule has 0 aliphatic rings. The first-order chi connectivity index (χ1) is 10.3. The largest absolute Gasteiger partial charge is 0.323 e. The van der Waals surface area contributed by atoms with Gasteiger partial charge in [0.05, 0.1) is 23.8 Å². The molecule has 2 rings (SSSR count). The number of hydrogen-bond donors (Lipinski definition) is 1. The summed E-state index contributed by atoms with van der Waals surface area (Å²) in [7, 11) is 0. The zero-order valence-corrected chi connectivity index (χ0v) is 12.5. The summed E-state index contributed by atoms with van der Waals surface area (Å²) in [6.07, 6.45) is 4.52. The molecular weight excluding hydrogens is 267 g/mol. The summed E-state index contributed by atoms with van der Waals surface area (Å²) in [6.45, 7) is 6.37. The summed E-state index contributed by atoms with van der Waals surface area (Å²) < 4.78 is 13.9. The number of rotatable bonds is 7. The van der Waals surface area contributed by atoms with Crippen LogP contribution < -0.4 is 10.2 Å². The highest BCUT2D eigenvalue weighted by Gasteiger charge is 2.12. The number of aromatic nitrogens is 2. The van der Waals surface area contributed by atoms with Crippen molar-refractivity contribution in [1.29, 1.82) is 0 Å². The summed E-state index contributed by atoms with van der Waals surface area (Å²) >= 11 is 0. The number of halogens is 1. The van der Waals surface area contributed by atoms with Gasteiger partial charge in [0.15, 0.2) is 5.82 Å². The van der Waals surface area contributed by atoms with Crippen molar-refractivity contribution in [2.45, 2.75) is 26.8 Å². The summed E-state index contributed by atoms with van der Waals surface area (Å²) in [4.78, 5) is 10.6. The lowest BCUT2D eigenvalue weighted by Gasteiger charge is -2.22. The minimum atomic E-state index is -0.255. The Bertz CT molecular complexity index is 556. The predicted octanol–water partition coefficient (Wildman–Crippen LogP) is 3.27. The van der Waals surface area contributed by atoms with Gasteiger partial charge in [-0.2, -0.15) is 0 Å². The molecule has 0 atom stereocenters. The zero-order chi connectivity index (χ0) is 15.1. The van der Waals surface area contributed by atoms with E-state index in [0.717, 1.165) is 18.7 Å². The number of benzene rings is 1. The average Bonchev–Trinajstić information content (AvgIpc) is 2.51. The van der Waals surface area contributed by atoms with Crippen molar-refractivity contribution in [3.05, 3.63) is 48.2 Å². The first kappa shape index (κ1) is 15.4. The van der Waals surface area contributed by atoms with E-state index in [0.29, 0.717) is 24.6 Å². The van der Waals surface area contributed by atoms with Crippen LogP contribution in [-0.4, -0.2) is 23.1 Å². The molecule has 1 heterocycles. The summed E-state index contributed by atoms with van der Waals surface area (Å²) in [6, 6.07) is 6.70. The molecule has 0 bridgehead atoms. The smallest absolute Gasteiger partial charge is 0.151 e. The maximum absolute atomic E-state index is 13.9. The van der Waals surface area contributed by atoms with Crippen LogP contribution in [0.1, 0.15) is 26.0 Å². The van der Waals surface area contributed by atoms with Crippen molar-refractivity contribution in [1.82, 2.24) is 15.3 Å². The third-order valence-corrected chi connectivity index (χ3v) is 3.16. The van der Waals surface area contributed by atoms with Gasteiger partial charge < -0.3 is 10.2 Å². The van der Waals surface area contributed by atoms with Gasteiger partial charge in [0, 0.05) is 13.1 Å². The van der Waals surface area contributed by atoms with Gasteiger partial charge in [0.2, 0.25) is 0 Å². The van der Waals surface area contributed by atoms with Crippen LogP contribution in [0, 0.1) is 5.82 Å². The van der Waals surface area contributed by atoms with Gasteiger partial charge in [-0.25, -0.2) is 9.37 Å². The summed E-state index contributed by atoms with van der Waals surface area (Å²) in [5, 5.41) is 3.28. The van der Waals surface area contributed by atoms with Crippen molar-refractivity contribution in [3.63, 3.8) is 0 Å². The van der Waals surface area contributed by atoms with Crippen molar-refractivity contribution >= 4 is 11.5 Å². The normalized spacial score (nSPS) is 10.6. The molecule has 5 heteroatoms. The molecule has 0 fully saturated rings. The Kier molecular flexibility index (Phi) is 5.63. The standard InChI is InChI=1S/C16H21FN4/c1-3-9-18-10-13-11-20-16(12-19-13)21(4-2)15-8-6-5-7-14(15)17/h5-8,11-12,18H,3-4,9-10H2,1-2H3. The van der Waals surface area contributed by atoms with E-state index >= 15 is 0 Å². The van der Waals surface area contributed by atoms with Crippen LogP contribution >= 0.6 is 0 Å². The van der Waals surface area contributed by atoms with Crippen LogP contribution in [0.3, 0.4) is 0 Å². The van der Waals surface area contributed by atoms with E-state index in [1.165, 1.54) is 6.07 Å². The van der Waals surface area contributed by atoms with Gasteiger partial charge in [0.25, 0.3) is 0 Å². The lowest BCUT2D eigenvalue weighted by atomic mass is 10.2. The lowest BCUT2D eigenvalue weighted by molar-refractivity contribution is 0.625. The quantitative estimate of drug-likeness (QED) is 0.794. The van der Waals surface area contributed by atoms with Crippen LogP contribution in [0.25, 0.3) is 0 Å². The molecule has 0 amide bonds. The number of hydrogen-bond acceptors (Lipinski definition) is 4. The maximum Gasteiger partial charge on any atom is 0.151 e. The van der Waals surface area contributed by atoms with Gasteiger partial charge in [-0.05, 0) is 32.0 Å². The van der Waals surface area contributed by atoms with Crippen LogP contribution in [0.5, 0.6) is 0 Å². The highest BCUT2D eigenvalue weighted by atomic mass is 19.1. The molecular formula is C16H21FN4. The second kappa shape index (κ2) is 7.69. The Morgan fingerprint density at radius 2 is 1.95 bits per heavy atom. The Hall–Kier alpha value is -2.01. The molecule has 0 aliphatic carbocycles. The van der Waals surface area contributed by atoms with Gasteiger partial charge in [-0.3, -0.25) is 4.98 Å². The molecule has 2 aromatic rings. The minimum absolute atomic E-state index is 0.255. The summed E-state index contributed by atoms with van der Waals surface area (Å²) in [5.74, 6) is 0.400. The third-order valence-electron chi connectivity index (χ3n) is 3.16. The fourth-order valence-electron chi connectivity index (χ4n) is 2.10. The molecule has 0 aliphatic heterocycles. The van der Waals surface area contributed by atoms with Crippen molar-refractivity contribution < 1.29 is 4.39 Å². The fourth-order valence-corrected chi connectivity index (χ4v) is 2.10. The molecule has 1 aromatic carbocycles. The molecule has 0 spiro atoms. The molecule has 21 heavy (non-hydrogen) atoms. The Morgan fingerprint density at radius 1 is 1.14 bits per heavy atom. The van der Waals surface area contributed by atoms with Gasteiger partial charge in [-0.15, -0.1) is 0 Å². The van der Waals surface area contributed by atoms with E-state index in [9.17, 15) is 4.39 Å². The number of para-hydroxylation sites is 1. The van der Waals surface area contributed by atoms with Crippen LogP contribution in [0.4, 0.5) is 15.9 Å². The average molecular weight is 288 g/mol. The Balaban J connectivity index is 2.14. The molecule has 0 radical (unpaired) electrons. The minimum Gasteiger partial charge on any atom is -0.323 e. The van der Waals surface area contributed by atoms with Crippen LogP contribution in [0.15, 0.2) is 36.7 Å².